The third-order valence-corrected chi connectivity index (χ3v) is 6.80. The Morgan fingerprint density at radius 3 is 2.48 bits per heavy atom. The van der Waals surface area contributed by atoms with Gasteiger partial charge >= 0.3 is 6.18 Å². The zero-order valence-electron chi connectivity index (χ0n) is 18.4. The molecule has 4 heterocycles. The number of anilines is 2. The number of hydrogen-bond acceptors (Lipinski definition) is 6. The highest BCUT2D eigenvalue weighted by Crippen LogP contribution is 2.36. The van der Waals surface area contributed by atoms with Crippen molar-refractivity contribution in [2.75, 3.05) is 36.5 Å². The van der Waals surface area contributed by atoms with Crippen LogP contribution in [0.5, 0.6) is 0 Å². The minimum atomic E-state index is -4.47. The highest BCUT2D eigenvalue weighted by molar-refractivity contribution is 5.47. The van der Waals surface area contributed by atoms with Crippen molar-refractivity contribution in [2.45, 2.75) is 56.3 Å². The molecule has 33 heavy (non-hydrogen) atoms. The van der Waals surface area contributed by atoms with E-state index in [1.807, 2.05) is 35.2 Å². The Kier molecular flexibility index (Phi) is 5.82. The van der Waals surface area contributed by atoms with Gasteiger partial charge in [0.1, 0.15) is 11.9 Å². The number of halogens is 3. The van der Waals surface area contributed by atoms with Gasteiger partial charge in [-0.15, -0.1) is 0 Å². The van der Waals surface area contributed by atoms with Gasteiger partial charge in [0.2, 0.25) is 5.95 Å². The number of hydrogen-bond donors (Lipinski definition) is 0. The molecule has 178 valence electrons. The lowest BCUT2D eigenvalue weighted by molar-refractivity contribution is -0.153. The fraction of sp³-hybridized carbons (Fsp3) is 0.565. The number of benzene rings is 1. The van der Waals surface area contributed by atoms with E-state index >= 15 is 0 Å². The number of rotatable bonds is 5. The number of aromatic nitrogens is 2. The molecule has 10 heteroatoms. The van der Waals surface area contributed by atoms with Crippen LogP contribution in [0.1, 0.15) is 30.9 Å². The number of methoxy groups -OCH3 is 1. The molecule has 1 aromatic heterocycles. The van der Waals surface area contributed by atoms with Crippen molar-refractivity contribution in [3.8, 4) is 0 Å². The predicted molar refractivity (Wildman–Crippen MR) is 117 cm³/mol. The van der Waals surface area contributed by atoms with Crippen LogP contribution in [0.4, 0.5) is 24.9 Å². The molecule has 2 fully saturated rings. The summed E-state index contributed by atoms with van der Waals surface area (Å²) in [7, 11) is 1.48. The maximum absolute atomic E-state index is 14.1. The number of nitrogens with zero attached hydrogens (tertiary/aromatic N) is 4. The highest BCUT2D eigenvalue weighted by Gasteiger charge is 2.47. The molecule has 0 amide bonds. The largest absolute Gasteiger partial charge is 0.408 e. The smallest absolute Gasteiger partial charge is 0.375 e. The van der Waals surface area contributed by atoms with E-state index in [4.69, 9.17) is 9.47 Å². The third-order valence-electron chi connectivity index (χ3n) is 6.80. The second-order valence-electron chi connectivity index (χ2n) is 8.90. The molecular weight excluding hydrogens is 437 g/mol. The van der Waals surface area contributed by atoms with Gasteiger partial charge in [0.15, 0.2) is 0 Å². The minimum absolute atomic E-state index is 0.0283. The molecular formula is C23H27F3N4O3. The molecule has 2 bridgehead atoms. The SMILES string of the molecule is COC(CN1c2nc(N3C[C@H]4CC[C@@H](C3)O4)cc(=O)n2CC[C@H]1C(F)(F)F)c1ccccc1. The van der Waals surface area contributed by atoms with Gasteiger partial charge < -0.3 is 19.3 Å². The van der Waals surface area contributed by atoms with Crippen LogP contribution < -0.4 is 15.4 Å². The summed E-state index contributed by atoms with van der Waals surface area (Å²) in [5.41, 5.74) is 0.425. The molecule has 4 atom stereocenters. The van der Waals surface area contributed by atoms with Crippen molar-refractivity contribution < 1.29 is 22.6 Å². The van der Waals surface area contributed by atoms with E-state index in [-0.39, 0.29) is 43.2 Å². The van der Waals surface area contributed by atoms with Crippen molar-refractivity contribution in [3.63, 3.8) is 0 Å². The maximum Gasteiger partial charge on any atom is 0.408 e. The highest BCUT2D eigenvalue weighted by atomic mass is 19.4. The molecule has 2 saturated heterocycles. The molecule has 7 nitrogen and oxygen atoms in total. The first-order chi connectivity index (χ1) is 15.8. The van der Waals surface area contributed by atoms with Crippen LogP contribution in [0.3, 0.4) is 0 Å². The van der Waals surface area contributed by atoms with E-state index < -0.39 is 18.3 Å². The summed E-state index contributed by atoms with van der Waals surface area (Å²) in [5.74, 6) is 0.454. The molecule has 3 aliphatic heterocycles. The molecule has 0 saturated carbocycles. The Labute approximate surface area is 189 Å². The van der Waals surface area contributed by atoms with Gasteiger partial charge in [-0.3, -0.25) is 9.36 Å². The summed E-state index contributed by atoms with van der Waals surface area (Å²) in [4.78, 5) is 20.7. The van der Waals surface area contributed by atoms with Crippen molar-refractivity contribution in [1.82, 2.24) is 9.55 Å². The van der Waals surface area contributed by atoms with Gasteiger partial charge in [-0.1, -0.05) is 30.3 Å². The lowest BCUT2D eigenvalue weighted by atomic mass is 10.1. The van der Waals surface area contributed by atoms with Gasteiger partial charge in [-0.25, -0.2) is 0 Å². The van der Waals surface area contributed by atoms with Gasteiger partial charge in [-0.05, 0) is 24.8 Å². The maximum atomic E-state index is 14.1. The van der Waals surface area contributed by atoms with Crippen LogP contribution >= 0.6 is 0 Å². The predicted octanol–water partition coefficient (Wildman–Crippen LogP) is 3.14. The van der Waals surface area contributed by atoms with E-state index in [0.717, 1.165) is 18.4 Å². The van der Waals surface area contributed by atoms with Crippen LogP contribution in [0.15, 0.2) is 41.2 Å². The first-order valence-electron chi connectivity index (χ1n) is 11.3. The number of fused-ring (bicyclic) bond motifs is 3. The fourth-order valence-corrected chi connectivity index (χ4v) is 5.13. The summed E-state index contributed by atoms with van der Waals surface area (Å²) in [5, 5.41) is 0. The summed E-state index contributed by atoms with van der Waals surface area (Å²) in [6, 6.07) is 8.81. The quantitative estimate of drug-likeness (QED) is 0.678. The molecule has 0 aliphatic carbocycles. The minimum Gasteiger partial charge on any atom is -0.375 e. The van der Waals surface area contributed by atoms with Crippen LogP contribution in [0, 0.1) is 0 Å². The lowest BCUT2D eigenvalue weighted by Gasteiger charge is -2.41. The molecule has 0 N–H and O–H groups in total. The molecule has 0 spiro atoms. The number of morpholine rings is 1. The Bertz CT molecular complexity index is 1030. The van der Waals surface area contributed by atoms with Gasteiger partial charge in [0.05, 0.1) is 24.9 Å². The Morgan fingerprint density at radius 2 is 1.85 bits per heavy atom. The van der Waals surface area contributed by atoms with Gasteiger partial charge in [-0.2, -0.15) is 18.2 Å². The average Bonchev–Trinajstić information content (AvgIpc) is 3.14. The van der Waals surface area contributed by atoms with Crippen LogP contribution in [0.2, 0.25) is 0 Å². The molecule has 5 rings (SSSR count). The molecule has 1 unspecified atom stereocenters. The van der Waals surface area contributed by atoms with Crippen LogP contribution in [-0.2, 0) is 16.0 Å². The standard InChI is InChI=1S/C23H27F3N4O3/c1-32-18(15-5-3-2-4-6-15)14-30-19(23(24,25)26)9-10-29-21(31)11-20(27-22(29)30)28-12-16-7-8-17(13-28)33-16/h2-6,11,16-19H,7-10,12-14H2,1H3/t16-,17+,18?,19-/m0/s1. The van der Waals surface area contributed by atoms with E-state index in [2.05, 4.69) is 4.98 Å². The van der Waals surface area contributed by atoms with Crippen molar-refractivity contribution >= 4 is 11.8 Å². The normalized spacial score (nSPS) is 25.8. The molecule has 1 aromatic carbocycles. The fourth-order valence-electron chi connectivity index (χ4n) is 5.13. The Morgan fingerprint density at radius 1 is 1.15 bits per heavy atom. The summed E-state index contributed by atoms with van der Waals surface area (Å²) in [6.45, 7) is 1.06. The summed E-state index contributed by atoms with van der Waals surface area (Å²) < 4.78 is 55.0. The van der Waals surface area contributed by atoms with E-state index in [1.165, 1.54) is 22.6 Å². The molecule has 0 radical (unpaired) electrons. The number of alkyl halides is 3. The van der Waals surface area contributed by atoms with E-state index in [1.54, 1.807) is 0 Å². The lowest BCUT2D eigenvalue weighted by Crippen LogP contribution is -2.54. The summed E-state index contributed by atoms with van der Waals surface area (Å²) in [6.07, 6.45) is -3.27. The zero-order valence-corrected chi connectivity index (χ0v) is 18.4. The second kappa shape index (κ2) is 8.64. The first kappa shape index (κ1) is 22.2. The van der Waals surface area contributed by atoms with E-state index in [0.29, 0.717) is 18.9 Å². The zero-order chi connectivity index (χ0) is 23.2. The average molecular weight is 464 g/mol. The topological polar surface area (TPSA) is 59.8 Å². The first-order valence-corrected chi connectivity index (χ1v) is 11.3. The Hall–Kier alpha value is -2.59. The van der Waals surface area contributed by atoms with Crippen molar-refractivity contribution in [3.05, 3.63) is 52.3 Å². The second-order valence-corrected chi connectivity index (χ2v) is 8.90. The van der Waals surface area contributed by atoms with Crippen molar-refractivity contribution in [1.29, 1.82) is 0 Å². The van der Waals surface area contributed by atoms with Crippen LogP contribution in [0.25, 0.3) is 0 Å². The van der Waals surface area contributed by atoms with Gasteiger partial charge in [0.25, 0.3) is 5.56 Å². The summed E-state index contributed by atoms with van der Waals surface area (Å²) >= 11 is 0. The van der Waals surface area contributed by atoms with Crippen molar-refractivity contribution in [2.24, 2.45) is 0 Å². The third kappa shape index (κ3) is 4.33. The van der Waals surface area contributed by atoms with Crippen LogP contribution in [-0.4, -0.2) is 60.7 Å². The Balaban J connectivity index is 1.53. The molecule has 3 aliphatic rings. The van der Waals surface area contributed by atoms with E-state index in [9.17, 15) is 18.0 Å². The van der Waals surface area contributed by atoms with Gasteiger partial charge in [0, 0.05) is 32.8 Å². The molecule has 2 aromatic rings. The monoisotopic (exact) mass is 464 g/mol. The number of ether oxygens (including phenoxy) is 2.